The number of piperazine rings is 1. The van der Waals surface area contributed by atoms with Crippen LogP contribution in [0.2, 0.25) is 0 Å². The van der Waals surface area contributed by atoms with Crippen molar-refractivity contribution >= 4 is 33.2 Å². The molecular weight excluding hydrogens is 332 g/mol. The van der Waals surface area contributed by atoms with E-state index in [-0.39, 0.29) is 5.91 Å². The third-order valence-corrected chi connectivity index (χ3v) is 4.43. The van der Waals surface area contributed by atoms with Crippen molar-refractivity contribution in [3.05, 3.63) is 22.7 Å². The van der Waals surface area contributed by atoms with Crippen molar-refractivity contribution in [3.63, 3.8) is 0 Å². The van der Waals surface area contributed by atoms with Crippen molar-refractivity contribution in [2.45, 2.75) is 19.9 Å². The number of nitrogens with zero attached hydrogens (tertiary/aromatic N) is 2. The molecule has 1 amide bonds. The summed E-state index contributed by atoms with van der Waals surface area (Å²) in [6.45, 7) is 8.78. The monoisotopic (exact) mass is 354 g/mol. The maximum atomic E-state index is 12.1. The van der Waals surface area contributed by atoms with Crippen LogP contribution in [-0.4, -0.2) is 54.5 Å². The summed E-state index contributed by atoms with van der Waals surface area (Å²) < 4.78 is 0.806. The van der Waals surface area contributed by atoms with Crippen LogP contribution >= 0.6 is 15.9 Å². The molecule has 0 unspecified atom stereocenters. The molecule has 0 radical (unpaired) electrons. The fraction of sp³-hybridized carbons (Fsp3) is 0.533. The van der Waals surface area contributed by atoms with Crippen molar-refractivity contribution in [2.24, 2.45) is 0 Å². The van der Waals surface area contributed by atoms with Crippen LogP contribution in [0.1, 0.15) is 13.8 Å². The zero-order valence-corrected chi connectivity index (χ0v) is 14.2. The standard InChI is InChI=1S/C15H23BrN4O/c1-11(2)20-7-5-19(6-8-20)10-15(21)18-14-4-3-12(17)9-13(14)16/h3-4,9,11H,5-8,10,17H2,1-2H3,(H,18,21). The van der Waals surface area contributed by atoms with E-state index in [2.05, 4.69) is 44.9 Å². The van der Waals surface area contributed by atoms with Crippen LogP contribution in [0.5, 0.6) is 0 Å². The number of hydrogen-bond donors (Lipinski definition) is 2. The lowest BCUT2D eigenvalue weighted by molar-refractivity contribution is -0.117. The molecule has 0 atom stereocenters. The number of hydrogen-bond acceptors (Lipinski definition) is 4. The van der Waals surface area contributed by atoms with E-state index >= 15 is 0 Å². The molecule has 2 rings (SSSR count). The predicted molar refractivity (Wildman–Crippen MR) is 90.3 cm³/mol. The van der Waals surface area contributed by atoms with Gasteiger partial charge in [-0.15, -0.1) is 0 Å². The van der Waals surface area contributed by atoms with Crippen LogP contribution in [0, 0.1) is 0 Å². The van der Waals surface area contributed by atoms with E-state index in [1.54, 1.807) is 12.1 Å². The van der Waals surface area contributed by atoms with Gasteiger partial charge in [-0.1, -0.05) is 0 Å². The minimum atomic E-state index is 0.0125. The molecule has 1 heterocycles. The molecule has 1 aromatic carbocycles. The topological polar surface area (TPSA) is 61.6 Å². The number of benzene rings is 1. The van der Waals surface area contributed by atoms with E-state index in [1.165, 1.54) is 0 Å². The molecule has 1 aromatic rings. The molecule has 1 saturated heterocycles. The fourth-order valence-electron chi connectivity index (χ4n) is 2.46. The number of amides is 1. The highest BCUT2D eigenvalue weighted by molar-refractivity contribution is 9.10. The Morgan fingerprint density at radius 3 is 2.57 bits per heavy atom. The zero-order valence-electron chi connectivity index (χ0n) is 12.6. The Hall–Kier alpha value is -1.11. The lowest BCUT2D eigenvalue weighted by Crippen LogP contribution is -2.50. The zero-order chi connectivity index (χ0) is 15.4. The maximum Gasteiger partial charge on any atom is 0.238 e. The van der Waals surface area contributed by atoms with Crippen molar-refractivity contribution in [1.82, 2.24) is 9.80 Å². The van der Waals surface area contributed by atoms with Gasteiger partial charge < -0.3 is 11.1 Å². The summed E-state index contributed by atoms with van der Waals surface area (Å²) >= 11 is 3.41. The highest BCUT2D eigenvalue weighted by Crippen LogP contribution is 2.24. The number of nitrogens with one attached hydrogen (secondary N) is 1. The summed E-state index contributed by atoms with van der Waals surface area (Å²) in [5.74, 6) is 0.0125. The van der Waals surface area contributed by atoms with Gasteiger partial charge in [-0.2, -0.15) is 0 Å². The minimum absolute atomic E-state index is 0.0125. The predicted octanol–water partition coefficient (Wildman–Crippen LogP) is 2.00. The molecule has 0 spiro atoms. The Morgan fingerprint density at radius 1 is 1.33 bits per heavy atom. The average molecular weight is 355 g/mol. The molecule has 116 valence electrons. The highest BCUT2D eigenvalue weighted by Gasteiger charge is 2.20. The van der Waals surface area contributed by atoms with E-state index in [1.807, 2.05) is 6.07 Å². The van der Waals surface area contributed by atoms with Gasteiger partial charge in [-0.3, -0.25) is 14.6 Å². The van der Waals surface area contributed by atoms with Crippen molar-refractivity contribution in [2.75, 3.05) is 43.8 Å². The molecular formula is C15H23BrN4O. The minimum Gasteiger partial charge on any atom is -0.399 e. The molecule has 1 fully saturated rings. The van der Waals surface area contributed by atoms with Gasteiger partial charge in [0.15, 0.2) is 0 Å². The number of anilines is 2. The first-order valence-corrected chi connectivity index (χ1v) is 8.06. The molecule has 0 aliphatic carbocycles. The van der Waals surface area contributed by atoms with E-state index in [0.29, 0.717) is 18.3 Å². The molecule has 5 nitrogen and oxygen atoms in total. The van der Waals surface area contributed by atoms with Gasteiger partial charge in [0.2, 0.25) is 5.91 Å². The van der Waals surface area contributed by atoms with Crippen molar-refractivity contribution in [3.8, 4) is 0 Å². The Bertz CT molecular complexity index is 498. The highest BCUT2D eigenvalue weighted by atomic mass is 79.9. The molecule has 3 N–H and O–H groups in total. The van der Waals surface area contributed by atoms with Crippen LogP contribution in [0.15, 0.2) is 22.7 Å². The van der Waals surface area contributed by atoms with Gasteiger partial charge in [0.1, 0.15) is 0 Å². The summed E-state index contributed by atoms with van der Waals surface area (Å²) in [7, 11) is 0. The van der Waals surface area contributed by atoms with Gasteiger partial charge in [0, 0.05) is 42.4 Å². The Labute approximate surface area is 134 Å². The molecule has 1 aliphatic heterocycles. The lowest BCUT2D eigenvalue weighted by Gasteiger charge is -2.36. The first-order valence-electron chi connectivity index (χ1n) is 7.27. The summed E-state index contributed by atoms with van der Waals surface area (Å²) in [6.07, 6.45) is 0. The van der Waals surface area contributed by atoms with Crippen LogP contribution in [0.3, 0.4) is 0 Å². The number of nitrogen functional groups attached to an aromatic ring is 1. The van der Waals surface area contributed by atoms with Gasteiger partial charge in [0.05, 0.1) is 12.2 Å². The van der Waals surface area contributed by atoms with Gasteiger partial charge in [0.25, 0.3) is 0 Å². The third kappa shape index (κ3) is 4.69. The Kier molecular flexibility index (Phi) is 5.61. The van der Waals surface area contributed by atoms with E-state index in [4.69, 9.17) is 5.73 Å². The first kappa shape index (κ1) is 16.3. The lowest BCUT2D eigenvalue weighted by atomic mass is 10.2. The largest absolute Gasteiger partial charge is 0.399 e. The maximum absolute atomic E-state index is 12.1. The third-order valence-electron chi connectivity index (χ3n) is 3.77. The summed E-state index contributed by atoms with van der Waals surface area (Å²) in [5, 5.41) is 2.92. The number of nitrogens with two attached hydrogens (primary N) is 1. The van der Waals surface area contributed by atoms with Crippen LogP contribution in [-0.2, 0) is 4.79 Å². The fourth-order valence-corrected chi connectivity index (χ4v) is 2.96. The first-order chi connectivity index (χ1) is 9.95. The second-order valence-corrected chi connectivity index (χ2v) is 6.55. The molecule has 0 saturated carbocycles. The quantitative estimate of drug-likeness (QED) is 0.811. The number of carbonyl (C=O) groups is 1. The van der Waals surface area contributed by atoms with Crippen molar-refractivity contribution < 1.29 is 4.79 Å². The number of rotatable bonds is 4. The number of carbonyl (C=O) groups excluding carboxylic acids is 1. The Balaban J connectivity index is 1.83. The molecule has 21 heavy (non-hydrogen) atoms. The molecule has 1 aliphatic rings. The van der Waals surface area contributed by atoms with Gasteiger partial charge >= 0.3 is 0 Å². The Morgan fingerprint density at radius 2 is 2.00 bits per heavy atom. The second-order valence-electron chi connectivity index (χ2n) is 5.69. The smallest absolute Gasteiger partial charge is 0.238 e. The molecule has 0 bridgehead atoms. The summed E-state index contributed by atoms with van der Waals surface area (Å²) in [5.41, 5.74) is 7.12. The molecule has 6 heteroatoms. The van der Waals surface area contributed by atoms with E-state index < -0.39 is 0 Å². The molecule has 0 aromatic heterocycles. The summed E-state index contributed by atoms with van der Waals surface area (Å²) in [6, 6.07) is 5.96. The van der Waals surface area contributed by atoms with Crippen LogP contribution in [0.25, 0.3) is 0 Å². The normalized spacial score (nSPS) is 17.1. The average Bonchev–Trinajstić information content (AvgIpc) is 2.42. The number of halogens is 1. The van der Waals surface area contributed by atoms with Crippen LogP contribution in [0.4, 0.5) is 11.4 Å². The van der Waals surface area contributed by atoms with Crippen molar-refractivity contribution in [1.29, 1.82) is 0 Å². The van der Waals surface area contributed by atoms with E-state index in [0.717, 1.165) is 36.3 Å². The second kappa shape index (κ2) is 7.24. The van der Waals surface area contributed by atoms with Gasteiger partial charge in [-0.25, -0.2) is 0 Å². The van der Waals surface area contributed by atoms with Gasteiger partial charge in [-0.05, 0) is 48.0 Å². The SMILES string of the molecule is CC(C)N1CCN(CC(=O)Nc2ccc(N)cc2Br)CC1. The summed E-state index contributed by atoms with van der Waals surface area (Å²) in [4.78, 5) is 16.7. The van der Waals surface area contributed by atoms with Crippen LogP contribution < -0.4 is 11.1 Å². The van der Waals surface area contributed by atoms with E-state index in [9.17, 15) is 4.79 Å².